The number of H-pyrrole nitrogens is 1. The lowest BCUT2D eigenvalue weighted by Crippen LogP contribution is -2.32. The maximum absolute atomic E-state index is 12.9. The summed E-state index contributed by atoms with van der Waals surface area (Å²) in [6, 6.07) is 5.13. The molecule has 2 N–H and O–H groups in total. The molecule has 0 fully saturated rings. The molecule has 1 heterocycles. The molecule has 20 heavy (non-hydrogen) atoms. The van der Waals surface area contributed by atoms with Crippen molar-refractivity contribution in [1.29, 1.82) is 0 Å². The van der Waals surface area contributed by atoms with Gasteiger partial charge in [-0.25, -0.2) is 9.37 Å². The predicted octanol–water partition coefficient (Wildman–Crippen LogP) is 2.38. The van der Waals surface area contributed by atoms with Crippen LogP contribution in [0.15, 0.2) is 24.3 Å². The highest BCUT2D eigenvalue weighted by molar-refractivity contribution is 5.94. The van der Waals surface area contributed by atoms with E-state index in [1.54, 1.807) is 6.92 Å². The number of aromatic amines is 1. The second kappa shape index (κ2) is 5.81. The third-order valence-corrected chi connectivity index (χ3v) is 2.95. The lowest BCUT2D eigenvalue weighted by molar-refractivity contribution is 0.0923. The first-order chi connectivity index (χ1) is 9.47. The molecule has 2 aromatic rings. The van der Waals surface area contributed by atoms with Gasteiger partial charge in [0.2, 0.25) is 0 Å². The fourth-order valence-electron chi connectivity index (χ4n) is 1.85. The Morgan fingerprint density at radius 3 is 2.45 bits per heavy atom. The highest BCUT2D eigenvalue weighted by Gasteiger charge is 2.22. The zero-order valence-corrected chi connectivity index (χ0v) is 11.6. The van der Waals surface area contributed by atoms with E-state index in [-0.39, 0.29) is 23.7 Å². The van der Waals surface area contributed by atoms with Gasteiger partial charge < -0.3 is 5.32 Å². The van der Waals surface area contributed by atoms with Gasteiger partial charge in [-0.2, -0.15) is 5.10 Å². The summed E-state index contributed by atoms with van der Waals surface area (Å²) in [5, 5.41) is 9.73. The second-order valence-electron chi connectivity index (χ2n) is 4.98. The number of nitrogens with zero attached hydrogens (tertiary/aromatic N) is 2. The van der Waals surface area contributed by atoms with E-state index in [9.17, 15) is 9.18 Å². The van der Waals surface area contributed by atoms with Crippen LogP contribution in [0.4, 0.5) is 4.39 Å². The van der Waals surface area contributed by atoms with Crippen molar-refractivity contribution in [2.24, 2.45) is 5.92 Å². The summed E-state index contributed by atoms with van der Waals surface area (Å²) >= 11 is 0. The summed E-state index contributed by atoms with van der Waals surface area (Å²) in [7, 11) is 0. The summed E-state index contributed by atoms with van der Waals surface area (Å²) in [4.78, 5) is 16.4. The summed E-state index contributed by atoms with van der Waals surface area (Å²) in [6.07, 6.45) is 0. The van der Waals surface area contributed by atoms with E-state index in [2.05, 4.69) is 20.5 Å². The van der Waals surface area contributed by atoms with Crippen molar-refractivity contribution < 1.29 is 9.18 Å². The minimum Gasteiger partial charge on any atom is -0.342 e. The zero-order valence-electron chi connectivity index (χ0n) is 11.6. The molecule has 0 radical (unpaired) electrons. The van der Waals surface area contributed by atoms with Crippen LogP contribution in [0.5, 0.6) is 0 Å². The van der Waals surface area contributed by atoms with E-state index >= 15 is 0 Å². The molecule has 1 aromatic carbocycles. The predicted molar refractivity (Wildman–Crippen MR) is 72.6 cm³/mol. The first kappa shape index (κ1) is 14.2. The minimum atomic E-state index is -0.369. The van der Waals surface area contributed by atoms with Crippen molar-refractivity contribution in [3.05, 3.63) is 47.3 Å². The Labute approximate surface area is 116 Å². The number of aryl methyl sites for hydroxylation is 1. The highest BCUT2D eigenvalue weighted by atomic mass is 19.1. The van der Waals surface area contributed by atoms with E-state index in [1.165, 1.54) is 24.3 Å². The van der Waals surface area contributed by atoms with Crippen molar-refractivity contribution in [3.8, 4) is 0 Å². The summed E-state index contributed by atoms with van der Waals surface area (Å²) in [5.74, 6) is 0.738. The number of aromatic nitrogens is 3. The maximum atomic E-state index is 12.9. The molecule has 1 amide bonds. The Balaban J connectivity index is 2.16. The van der Waals surface area contributed by atoms with Gasteiger partial charge in [0, 0.05) is 5.56 Å². The molecule has 1 atom stereocenters. The standard InChI is InChI=1S/C14H17FN4O/c1-8(2)12(13-16-9(3)18-19-13)17-14(20)10-4-6-11(15)7-5-10/h4-8,12H,1-3H3,(H,17,20)(H,16,18,19). The van der Waals surface area contributed by atoms with Gasteiger partial charge in [-0.05, 0) is 37.1 Å². The van der Waals surface area contributed by atoms with Crippen LogP contribution in [0.3, 0.4) is 0 Å². The summed E-state index contributed by atoms with van der Waals surface area (Å²) in [5.41, 5.74) is 0.407. The Morgan fingerprint density at radius 1 is 1.30 bits per heavy atom. The van der Waals surface area contributed by atoms with E-state index in [0.29, 0.717) is 17.2 Å². The molecule has 0 aliphatic heterocycles. The van der Waals surface area contributed by atoms with Gasteiger partial charge in [0.15, 0.2) is 5.82 Å². The van der Waals surface area contributed by atoms with E-state index < -0.39 is 0 Å². The van der Waals surface area contributed by atoms with Crippen LogP contribution in [0.1, 0.15) is 41.9 Å². The van der Waals surface area contributed by atoms with Crippen molar-refractivity contribution >= 4 is 5.91 Å². The van der Waals surface area contributed by atoms with E-state index in [0.717, 1.165) is 0 Å². The van der Waals surface area contributed by atoms with Gasteiger partial charge in [-0.1, -0.05) is 13.8 Å². The van der Waals surface area contributed by atoms with E-state index in [4.69, 9.17) is 0 Å². The van der Waals surface area contributed by atoms with Gasteiger partial charge >= 0.3 is 0 Å². The molecule has 106 valence electrons. The van der Waals surface area contributed by atoms with Crippen LogP contribution < -0.4 is 5.32 Å². The molecule has 0 aliphatic rings. The minimum absolute atomic E-state index is 0.134. The molecule has 0 saturated heterocycles. The number of carbonyl (C=O) groups is 1. The van der Waals surface area contributed by atoms with Crippen LogP contribution in [0, 0.1) is 18.7 Å². The number of hydrogen-bond acceptors (Lipinski definition) is 3. The molecule has 2 rings (SSSR count). The van der Waals surface area contributed by atoms with Gasteiger partial charge in [-0.3, -0.25) is 9.89 Å². The quantitative estimate of drug-likeness (QED) is 0.900. The van der Waals surface area contributed by atoms with Crippen molar-refractivity contribution in [3.63, 3.8) is 0 Å². The largest absolute Gasteiger partial charge is 0.342 e. The number of hydrogen-bond donors (Lipinski definition) is 2. The normalized spacial score (nSPS) is 12.4. The zero-order chi connectivity index (χ0) is 14.7. The Hall–Kier alpha value is -2.24. The maximum Gasteiger partial charge on any atom is 0.251 e. The third kappa shape index (κ3) is 3.20. The Morgan fingerprint density at radius 2 is 1.95 bits per heavy atom. The molecule has 0 saturated carbocycles. The number of amides is 1. The molecule has 0 spiro atoms. The molecule has 0 bridgehead atoms. The van der Waals surface area contributed by atoms with Crippen LogP contribution in [-0.4, -0.2) is 21.1 Å². The number of nitrogens with one attached hydrogen (secondary N) is 2. The topological polar surface area (TPSA) is 70.7 Å². The first-order valence-electron chi connectivity index (χ1n) is 6.42. The Kier molecular flexibility index (Phi) is 4.12. The SMILES string of the molecule is Cc1nc(C(NC(=O)c2ccc(F)cc2)C(C)C)n[nH]1. The molecule has 1 unspecified atom stereocenters. The molecule has 0 aliphatic carbocycles. The van der Waals surface area contributed by atoms with Gasteiger partial charge in [-0.15, -0.1) is 0 Å². The summed E-state index contributed by atoms with van der Waals surface area (Å²) < 4.78 is 12.9. The average molecular weight is 276 g/mol. The molecular weight excluding hydrogens is 259 g/mol. The fourth-order valence-corrected chi connectivity index (χ4v) is 1.85. The number of benzene rings is 1. The van der Waals surface area contributed by atoms with Gasteiger partial charge in [0.25, 0.3) is 5.91 Å². The number of halogens is 1. The lowest BCUT2D eigenvalue weighted by atomic mass is 10.0. The number of rotatable bonds is 4. The average Bonchev–Trinajstić information content (AvgIpc) is 2.82. The fraction of sp³-hybridized carbons (Fsp3) is 0.357. The van der Waals surface area contributed by atoms with Crippen molar-refractivity contribution in [1.82, 2.24) is 20.5 Å². The van der Waals surface area contributed by atoms with Crippen LogP contribution in [-0.2, 0) is 0 Å². The van der Waals surface area contributed by atoms with Gasteiger partial charge in [0.05, 0.1) is 6.04 Å². The molecule has 6 heteroatoms. The number of carbonyl (C=O) groups excluding carboxylic acids is 1. The van der Waals surface area contributed by atoms with Gasteiger partial charge in [0.1, 0.15) is 11.6 Å². The molecule has 1 aromatic heterocycles. The van der Waals surface area contributed by atoms with Crippen molar-refractivity contribution in [2.45, 2.75) is 26.8 Å². The highest BCUT2D eigenvalue weighted by Crippen LogP contribution is 2.19. The monoisotopic (exact) mass is 276 g/mol. The van der Waals surface area contributed by atoms with Crippen LogP contribution in [0.2, 0.25) is 0 Å². The lowest BCUT2D eigenvalue weighted by Gasteiger charge is -2.19. The van der Waals surface area contributed by atoms with Crippen LogP contribution in [0.25, 0.3) is 0 Å². The summed E-state index contributed by atoms with van der Waals surface area (Å²) in [6.45, 7) is 5.75. The Bertz CT molecular complexity index is 591. The van der Waals surface area contributed by atoms with Crippen LogP contribution >= 0.6 is 0 Å². The van der Waals surface area contributed by atoms with Crippen molar-refractivity contribution in [2.75, 3.05) is 0 Å². The molecular formula is C14H17FN4O. The van der Waals surface area contributed by atoms with E-state index in [1.807, 2.05) is 13.8 Å². The smallest absolute Gasteiger partial charge is 0.251 e. The molecule has 5 nitrogen and oxygen atoms in total. The second-order valence-corrected chi connectivity index (χ2v) is 4.98. The first-order valence-corrected chi connectivity index (χ1v) is 6.42. The third-order valence-electron chi connectivity index (χ3n) is 2.95.